The summed E-state index contributed by atoms with van der Waals surface area (Å²) in [4.78, 5) is 38.4. The molecule has 1 amide bonds. The molecule has 2 aromatic rings. The molecule has 3 rings (SSSR count). The zero-order chi connectivity index (χ0) is 16.4. The summed E-state index contributed by atoms with van der Waals surface area (Å²) in [7, 11) is 1.78. The van der Waals surface area contributed by atoms with Gasteiger partial charge in [-0.1, -0.05) is 12.1 Å². The number of carbonyl (C=O) groups is 1. The molecule has 1 aromatic carbocycles. The Bertz CT molecular complexity index is 833. The van der Waals surface area contributed by atoms with Gasteiger partial charge in [0, 0.05) is 26.1 Å². The predicted octanol–water partition coefficient (Wildman–Crippen LogP) is -0.0998. The van der Waals surface area contributed by atoms with Crippen molar-refractivity contribution < 1.29 is 4.79 Å². The molecule has 1 saturated heterocycles. The first-order valence-corrected chi connectivity index (χ1v) is 7.76. The summed E-state index contributed by atoms with van der Waals surface area (Å²) in [5, 5.41) is 6.51. The van der Waals surface area contributed by atoms with Crippen LogP contribution in [0, 0.1) is 0 Å². The second-order valence-corrected chi connectivity index (χ2v) is 5.84. The molecule has 1 fully saturated rings. The summed E-state index contributed by atoms with van der Waals surface area (Å²) in [5.74, 6) is -0.0281. The highest BCUT2D eigenvalue weighted by Crippen LogP contribution is 2.08. The van der Waals surface area contributed by atoms with Crippen LogP contribution in [0.2, 0.25) is 0 Å². The number of aryl methyl sites for hydroxylation is 1. The maximum atomic E-state index is 12.4. The van der Waals surface area contributed by atoms with Gasteiger partial charge in [-0.2, -0.15) is 0 Å². The van der Waals surface area contributed by atoms with Crippen molar-refractivity contribution in [3.63, 3.8) is 0 Å². The quantitative estimate of drug-likeness (QED) is 0.825. The first-order valence-electron chi connectivity index (χ1n) is 7.76. The normalized spacial score (nSPS) is 17.5. The van der Waals surface area contributed by atoms with E-state index in [0.29, 0.717) is 10.8 Å². The standard InChI is InChI=1S/C16H20N4O3/c1-19(11-6-8-17-10-11)14(21)7-9-20-16(23)13-5-3-2-4-12(13)15(22)18-20/h2-5,11,17H,6-10H2,1H3,(H,18,22). The molecule has 7 heteroatoms. The lowest BCUT2D eigenvalue weighted by Gasteiger charge is -2.23. The van der Waals surface area contributed by atoms with Crippen LogP contribution in [0.3, 0.4) is 0 Å². The Hall–Kier alpha value is -2.41. The number of likely N-dealkylation sites (N-methyl/N-ethyl adjacent to an activating group) is 1. The van der Waals surface area contributed by atoms with Gasteiger partial charge in [0.05, 0.1) is 17.3 Å². The fourth-order valence-electron chi connectivity index (χ4n) is 2.96. The molecule has 2 N–H and O–H groups in total. The number of hydrogen-bond acceptors (Lipinski definition) is 4. The number of hydrogen-bond donors (Lipinski definition) is 2. The number of fused-ring (bicyclic) bond motifs is 1. The van der Waals surface area contributed by atoms with Gasteiger partial charge < -0.3 is 10.2 Å². The molecule has 2 heterocycles. The average molecular weight is 316 g/mol. The van der Waals surface area contributed by atoms with Crippen molar-refractivity contribution in [3.8, 4) is 0 Å². The Kier molecular flexibility index (Phi) is 4.29. The Labute approximate surface area is 132 Å². The van der Waals surface area contributed by atoms with Crippen molar-refractivity contribution in [2.45, 2.75) is 25.4 Å². The Morgan fingerprint density at radius 1 is 1.30 bits per heavy atom. The van der Waals surface area contributed by atoms with E-state index in [1.807, 2.05) is 0 Å². The summed E-state index contributed by atoms with van der Waals surface area (Å²) in [6.07, 6.45) is 1.12. The summed E-state index contributed by atoms with van der Waals surface area (Å²) in [6.45, 7) is 1.89. The molecule has 1 unspecified atom stereocenters. The first-order chi connectivity index (χ1) is 11.1. The van der Waals surface area contributed by atoms with Crippen LogP contribution in [0.4, 0.5) is 0 Å². The van der Waals surface area contributed by atoms with Crippen LogP contribution in [0.25, 0.3) is 10.8 Å². The van der Waals surface area contributed by atoms with E-state index < -0.39 is 0 Å². The molecule has 0 bridgehead atoms. The van der Waals surface area contributed by atoms with Gasteiger partial charge in [0.25, 0.3) is 11.1 Å². The molecule has 1 aliphatic heterocycles. The molecular formula is C16H20N4O3. The van der Waals surface area contributed by atoms with Crippen LogP contribution >= 0.6 is 0 Å². The van der Waals surface area contributed by atoms with E-state index in [0.717, 1.165) is 19.5 Å². The monoisotopic (exact) mass is 316 g/mol. The second-order valence-electron chi connectivity index (χ2n) is 5.84. The number of H-pyrrole nitrogens is 1. The third-order valence-corrected chi connectivity index (χ3v) is 4.41. The summed E-state index contributed by atoms with van der Waals surface area (Å²) in [6, 6.07) is 6.89. The fraction of sp³-hybridized carbons (Fsp3) is 0.438. The van der Waals surface area contributed by atoms with E-state index in [1.54, 1.807) is 36.2 Å². The lowest BCUT2D eigenvalue weighted by molar-refractivity contribution is -0.131. The van der Waals surface area contributed by atoms with E-state index in [1.165, 1.54) is 4.68 Å². The van der Waals surface area contributed by atoms with Crippen LogP contribution in [0.1, 0.15) is 12.8 Å². The van der Waals surface area contributed by atoms with E-state index in [9.17, 15) is 14.4 Å². The minimum Gasteiger partial charge on any atom is -0.341 e. The van der Waals surface area contributed by atoms with Crippen LogP contribution < -0.4 is 16.4 Å². The summed E-state index contributed by atoms with van der Waals surface area (Å²) in [5.41, 5.74) is -0.598. The van der Waals surface area contributed by atoms with E-state index in [-0.39, 0.29) is 36.0 Å². The van der Waals surface area contributed by atoms with Gasteiger partial charge in [-0.25, -0.2) is 4.68 Å². The van der Waals surface area contributed by atoms with Crippen molar-refractivity contribution >= 4 is 16.7 Å². The van der Waals surface area contributed by atoms with Crippen molar-refractivity contribution in [1.29, 1.82) is 0 Å². The third-order valence-electron chi connectivity index (χ3n) is 4.41. The number of benzene rings is 1. The zero-order valence-corrected chi connectivity index (χ0v) is 13.0. The number of aromatic nitrogens is 2. The molecule has 122 valence electrons. The van der Waals surface area contributed by atoms with Gasteiger partial charge in [0.15, 0.2) is 0 Å². The molecule has 1 aliphatic rings. The van der Waals surface area contributed by atoms with Crippen LogP contribution in [0.15, 0.2) is 33.9 Å². The van der Waals surface area contributed by atoms with E-state index in [4.69, 9.17) is 0 Å². The number of nitrogens with zero attached hydrogens (tertiary/aromatic N) is 2. The number of rotatable bonds is 4. The topological polar surface area (TPSA) is 87.2 Å². The zero-order valence-electron chi connectivity index (χ0n) is 13.0. The molecule has 0 saturated carbocycles. The van der Waals surface area contributed by atoms with Gasteiger partial charge in [-0.05, 0) is 25.1 Å². The number of amides is 1. The maximum absolute atomic E-state index is 12.4. The predicted molar refractivity (Wildman–Crippen MR) is 87.5 cm³/mol. The average Bonchev–Trinajstić information content (AvgIpc) is 3.10. The number of aromatic amines is 1. The highest BCUT2D eigenvalue weighted by Gasteiger charge is 2.22. The lowest BCUT2D eigenvalue weighted by atomic mass is 10.2. The molecule has 23 heavy (non-hydrogen) atoms. The van der Waals surface area contributed by atoms with Crippen molar-refractivity contribution in [2.75, 3.05) is 20.1 Å². The highest BCUT2D eigenvalue weighted by molar-refractivity contribution is 5.80. The highest BCUT2D eigenvalue weighted by atomic mass is 16.2. The molecule has 7 nitrogen and oxygen atoms in total. The smallest absolute Gasteiger partial charge is 0.273 e. The van der Waals surface area contributed by atoms with Gasteiger partial charge in [-0.3, -0.25) is 19.5 Å². The molecule has 1 atom stereocenters. The molecule has 1 aromatic heterocycles. The van der Waals surface area contributed by atoms with Crippen LogP contribution in [-0.4, -0.2) is 46.8 Å². The SMILES string of the molecule is CN(C(=O)CCn1[nH]c(=O)c2ccccc2c1=O)C1CCNC1. The van der Waals surface area contributed by atoms with E-state index in [2.05, 4.69) is 10.4 Å². The van der Waals surface area contributed by atoms with Gasteiger partial charge in [0.1, 0.15) is 0 Å². The van der Waals surface area contributed by atoms with E-state index >= 15 is 0 Å². The molecule has 0 spiro atoms. The molecular weight excluding hydrogens is 296 g/mol. The molecule has 0 radical (unpaired) electrons. The van der Waals surface area contributed by atoms with Crippen LogP contribution in [-0.2, 0) is 11.3 Å². The minimum absolute atomic E-state index is 0.0281. The summed E-state index contributed by atoms with van der Waals surface area (Å²) >= 11 is 0. The van der Waals surface area contributed by atoms with Gasteiger partial charge in [-0.15, -0.1) is 0 Å². The van der Waals surface area contributed by atoms with Crippen LogP contribution in [0.5, 0.6) is 0 Å². The number of carbonyl (C=O) groups excluding carboxylic acids is 1. The largest absolute Gasteiger partial charge is 0.341 e. The molecule has 0 aliphatic carbocycles. The second kappa shape index (κ2) is 6.37. The van der Waals surface area contributed by atoms with Gasteiger partial charge >= 0.3 is 0 Å². The Balaban J connectivity index is 1.77. The number of nitrogens with one attached hydrogen (secondary N) is 2. The summed E-state index contributed by atoms with van der Waals surface area (Å²) < 4.78 is 1.23. The first kappa shape index (κ1) is 15.5. The van der Waals surface area contributed by atoms with Crippen molar-refractivity contribution in [1.82, 2.24) is 20.0 Å². The maximum Gasteiger partial charge on any atom is 0.273 e. The minimum atomic E-state index is -0.319. The van der Waals surface area contributed by atoms with Crippen molar-refractivity contribution in [2.24, 2.45) is 0 Å². The Morgan fingerprint density at radius 3 is 2.74 bits per heavy atom. The van der Waals surface area contributed by atoms with Gasteiger partial charge in [0.2, 0.25) is 5.91 Å². The fourth-order valence-corrected chi connectivity index (χ4v) is 2.96. The Morgan fingerprint density at radius 2 is 2.04 bits per heavy atom. The lowest BCUT2D eigenvalue weighted by Crippen LogP contribution is -2.39. The van der Waals surface area contributed by atoms with Crippen molar-refractivity contribution in [3.05, 3.63) is 45.0 Å². The third kappa shape index (κ3) is 3.05.